The molecule has 2 aliphatic carbocycles. The Morgan fingerprint density at radius 2 is 2.00 bits per heavy atom. The second-order valence-electron chi connectivity index (χ2n) is 13.9. The maximum absolute atomic E-state index is 13.7. The fourth-order valence-corrected chi connectivity index (χ4v) is 9.55. The third-order valence-corrected chi connectivity index (χ3v) is 12.8. The number of rotatable bonds is 4. The highest BCUT2D eigenvalue weighted by Crippen LogP contribution is 2.47. The summed E-state index contributed by atoms with van der Waals surface area (Å²) in [5.41, 5.74) is 3.30. The van der Waals surface area contributed by atoms with Crippen LogP contribution in [0.3, 0.4) is 0 Å². The zero-order chi connectivity index (χ0) is 33.3. The van der Waals surface area contributed by atoms with Gasteiger partial charge in [-0.1, -0.05) is 29.8 Å². The quantitative estimate of drug-likeness (QED) is 0.425. The van der Waals surface area contributed by atoms with Crippen LogP contribution in [0.4, 0.5) is 5.69 Å². The Hall–Kier alpha value is -3.08. The number of ether oxygens (including phenoxy) is 2. The number of methoxy groups -OCH3 is 1. The Morgan fingerprint density at radius 3 is 2.74 bits per heavy atom. The van der Waals surface area contributed by atoms with Crippen LogP contribution < -0.4 is 14.4 Å². The standard InChI is InChI=1S/C36H46ClN3O6S/c1-39(2)34(41)17-13-28-8-4-5-9-32(45-3)29-14-10-26(29)21-40-22-36(18-6-7-24-19-27(37)12-15-30(24)36)23-46-33-16-11-25(20-31(33)40)35(42)38-47(28,43)44/h5,9,11-12,15-16,19-20,26,28-29,32H,4,6-8,10,13-14,17-18,21-23H2,1-3H3,(H,38,42)/b9-5-/t26-,28+,29+,32-,36-/m0/s1. The highest BCUT2D eigenvalue weighted by molar-refractivity contribution is 7.90. The fourth-order valence-electron chi connectivity index (χ4n) is 7.94. The molecule has 1 spiro atoms. The van der Waals surface area contributed by atoms with Gasteiger partial charge < -0.3 is 19.3 Å². The molecule has 11 heteroatoms. The van der Waals surface area contributed by atoms with Crippen molar-refractivity contribution < 1.29 is 27.5 Å². The first-order chi connectivity index (χ1) is 22.5. The summed E-state index contributed by atoms with van der Waals surface area (Å²) in [6.07, 6.45) is 10.0. The minimum absolute atomic E-state index is 0.0726. The molecule has 0 radical (unpaired) electrons. The van der Waals surface area contributed by atoms with Gasteiger partial charge in [0.25, 0.3) is 5.91 Å². The topological polar surface area (TPSA) is 105 Å². The molecule has 2 heterocycles. The van der Waals surface area contributed by atoms with Gasteiger partial charge in [0.15, 0.2) is 0 Å². The van der Waals surface area contributed by atoms with Gasteiger partial charge in [0.1, 0.15) is 5.75 Å². The van der Waals surface area contributed by atoms with E-state index in [4.69, 9.17) is 21.1 Å². The molecule has 1 fully saturated rings. The number of benzene rings is 2. The first kappa shape index (κ1) is 33.8. The average Bonchev–Trinajstić information content (AvgIpc) is 3.17. The van der Waals surface area contributed by atoms with E-state index in [2.05, 4.69) is 27.8 Å². The number of nitrogens with one attached hydrogen (secondary N) is 1. The number of hydrogen-bond donors (Lipinski definition) is 1. The summed E-state index contributed by atoms with van der Waals surface area (Å²) in [5.74, 6) is 0.529. The van der Waals surface area contributed by atoms with Gasteiger partial charge in [-0.3, -0.25) is 9.59 Å². The number of aryl methyl sites for hydroxylation is 1. The van der Waals surface area contributed by atoms with Gasteiger partial charge in [0.2, 0.25) is 15.9 Å². The molecule has 2 aromatic rings. The maximum Gasteiger partial charge on any atom is 0.264 e. The molecule has 0 aromatic heterocycles. The number of carbonyl (C=O) groups is 2. The van der Waals surface area contributed by atoms with E-state index in [1.165, 1.54) is 16.0 Å². The summed E-state index contributed by atoms with van der Waals surface area (Å²) in [6.45, 7) is 1.97. The highest BCUT2D eigenvalue weighted by Gasteiger charge is 2.44. The van der Waals surface area contributed by atoms with E-state index in [9.17, 15) is 18.0 Å². The summed E-state index contributed by atoms with van der Waals surface area (Å²) in [4.78, 5) is 29.8. The van der Waals surface area contributed by atoms with Crippen LogP contribution in [0.5, 0.6) is 5.75 Å². The number of fused-ring (bicyclic) bond motifs is 4. The van der Waals surface area contributed by atoms with Gasteiger partial charge >= 0.3 is 0 Å². The van der Waals surface area contributed by atoms with Crippen molar-refractivity contribution >= 4 is 39.1 Å². The Balaban J connectivity index is 1.38. The Kier molecular flexibility index (Phi) is 9.93. The number of hydrogen-bond acceptors (Lipinski definition) is 7. The minimum atomic E-state index is -4.09. The predicted molar refractivity (Wildman–Crippen MR) is 184 cm³/mol. The van der Waals surface area contributed by atoms with Crippen LogP contribution in [-0.4, -0.2) is 77.4 Å². The van der Waals surface area contributed by atoms with Crippen molar-refractivity contribution in [1.82, 2.24) is 9.62 Å². The average molecular weight is 684 g/mol. The monoisotopic (exact) mass is 683 g/mol. The predicted octanol–water partition coefficient (Wildman–Crippen LogP) is 5.50. The summed E-state index contributed by atoms with van der Waals surface area (Å²) in [5, 5.41) is -0.178. The van der Waals surface area contributed by atoms with E-state index in [0.29, 0.717) is 37.2 Å². The van der Waals surface area contributed by atoms with E-state index in [1.54, 1.807) is 39.4 Å². The molecule has 0 saturated heterocycles. The Labute approximate surface area is 283 Å². The normalized spacial score (nSPS) is 29.3. The molecule has 254 valence electrons. The molecule has 1 saturated carbocycles. The van der Waals surface area contributed by atoms with Crippen LogP contribution >= 0.6 is 11.6 Å². The molecule has 6 rings (SSSR count). The van der Waals surface area contributed by atoms with Crippen LogP contribution in [0.2, 0.25) is 5.02 Å². The van der Waals surface area contributed by atoms with Crippen molar-refractivity contribution in [1.29, 1.82) is 0 Å². The van der Waals surface area contributed by atoms with Gasteiger partial charge in [-0.25, -0.2) is 13.1 Å². The molecule has 2 aromatic carbocycles. The molecule has 2 bridgehead atoms. The maximum atomic E-state index is 13.7. The first-order valence-corrected chi connectivity index (χ1v) is 18.7. The molecular formula is C36H46ClN3O6S. The summed E-state index contributed by atoms with van der Waals surface area (Å²) < 4.78 is 42.2. The number of halogens is 1. The van der Waals surface area contributed by atoms with Gasteiger partial charge in [0, 0.05) is 56.7 Å². The summed E-state index contributed by atoms with van der Waals surface area (Å²) in [7, 11) is 0.940. The van der Waals surface area contributed by atoms with E-state index >= 15 is 0 Å². The van der Waals surface area contributed by atoms with Crippen molar-refractivity contribution in [2.45, 2.75) is 74.6 Å². The lowest BCUT2D eigenvalue weighted by Crippen LogP contribution is -2.49. The fraction of sp³-hybridized carbons (Fsp3) is 0.556. The molecule has 2 aliphatic heterocycles. The lowest BCUT2D eigenvalue weighted by Gasteiger charge is -2.46. The van der Waals surface area contributed by atoms with Crippen molar-refractivity contribution in [3.63, 3.8) is 0 Å². The summed E-state index contributed by atoms with van der Waals surface area (Å²) in [6, 6.07) is 11.4. The van der Waals surface area contributed by atoms with Gasteiger partial charge in [-0.2, -0.15) is 0 Å². The van der Waals surface area contributed by atoms with Crippen LogP contribution in [-0.2, 0) is 31.4 Å². The second kappa shape index (κ2) is 13.8. The third-order valence-electron chi connectivity index (χ3n) is 10.8. The summed E-state index contributed by atoms with van der Waals surface area (Å²) >= 11 is 6.42. The second-order valence-corrected chi connectivity index (χ2v) is 16.3. The van der Waals surface area contributed by atoms with Crippen molar-refractivity contribution in [3.05, 3.63) is 70.3 Å². The van der Waals surface area contributed by atoms with Gasteiger partial charge in [-0.05, 0) is 105 Å². The third kappa shape index (κ3) is 7.06. The highest BCUT2D eigenvalue weighted by atomic mass is 35.5. The van der Waals surface area contributed by atoms with E-state index in [0.717, 1.165) is 49.4 Å². The molecule has 5 atom stereocenters. The molecule has 4 aliphatic rings. The minimum Gasteiger partial charge on any atom is -0.490 e. The van der Waals surface area contributed by atoms with Crippen LogP contribution in [0, 0.1) is 11.8 Å². The molecule has 1 N–H and O–H groups in total. The van der Waals surface area contributed by atoms with Crippen LogP contribution in [0.1, 0.15) is 72.9 Å². The number of carbonyl (C=O) groups excluding carboxylic acids is 2. The van der Waals surface area contributed by atoms with Gasteiger partial charge in [-0.15, -0.1) is 0 Å². The smallest absolute Gasteiger partial charge is 0.264 e. The SMILES string of the molecule is CO[C@H]1/C=C\CC[C@H](CCC(=O)N(C)C)S(=O)(=O)NC(=O)c2ccc3c(c2)N(C[C@@H]2CC[C@H]21)C[C@@]1(CCCc2cc(Cl)ccc21)CO3. The first-order valence-electron chi connectivity index (χ1n) is 16.8. The van der Waals surface area contributed by atoms with E-state index < -0.39 is 21.2 Å². The lowest BCUT2D eigenvalue weighted by atomic mass is 9.68. The van der Waals surface area contributed by atoms with Crippen molar-refractivity contribution in [2.75, 3.05) is 45.8 Å². The molecule has 2 amide bonds. The molecule has 47 heavy (non-hydrogen) atoms. The molecular weight excluding hydrogens is 638 g/mol. The van der Waals surface area contributed by atoms with Crippen molar-refractivity contribution in [3.8, 4) is 5.75 Å². The lowest BCUT2D eigenvalue weighted by molar-refractivity contribution is -0.128. The van der Waals surface area contributed by atoms with Crippen molar-refractivity contribution in [2.24, 2.45) is 11.8 Å². The number of anilines is 1. The van der Waals surface area contributed by atoms with E-state index in [-0.39, 0.29) is 42.3 Å². The molecule has 0 unspecified atom stereocenters. The molecule has 9 nitrogen and oxygen atoms in total. The van der Waals surface area contributed by atoms with Gasteiger partial charge in [0.05, 0.1) is 23.6 Å². The number of amides is 2. The Morgan fingerprint density at radius 1 is 1.17 bits per heavy atom. The number of nitrogens with zero attached hydrogens (tertiary/aromatic N) is 2. The zero-order valence-electron chi connectivity index (χ0n) is 27.5. The number of allylic oxidation sites excluding steroid dienone is 1. The largest absolute Gasteiger partial charge is 0.490 e. The van der Waals surface area contributed by atoms with Crippen LogP contribution in [0.15, 0.2) is 48.6 Å². The number of sulfonamides is 1. The van der Waals surface area contributed by atoms with E-state index in [1.807, 2.05) is 12.1 Å². The zero-order valence-corrected chi connectivity index (χ0v) is 29.1. The van der Waals surface area contributed by atoms with Crippen LogP contribution in [0.25, 0.3) is 0 Å². The Bertz CT molecular complexity index is 1640.